The largest absolute Gasteiger partial charge is 0.390 e. The summed E-state index contributed by atoms with van der Waals surface area (Å²) in [5, 5.41) is 10.7. The van der Waals surface area contributed by atoms with Crippen LogP contribution < -0.4 is 0 Å². The van der Waals surface area contributed by atoms with Crippen molar-refractivity contribution in [1.82, 2.24) is 9.21 Å². The summed E-state index contributed by atoms with van der Waals surface area (Å²) in [6.45, 7) is 2.41. The summed E-state index contributed by atoms with van der Waals surface area (Å²) in [4.78, 5) is 14.3. The van der Waals surface area contributed by atoms with Crippen LogP contribution in [-0.4, -0.2) is 66.7 Å². The molecular weight excluding hydrogens is 304 g/mol. The zero-order valence-electron chi connectivity index (χ0n) is 13.8. The first kappa shape index (κ1) is 17.7. The van der Waals surface area contributed by atoms with E-state index >= 15 is 0 Å². The number of carbonyl (C=O) groups excluding carboxylic acids is 1. The van der Waals surface area contributed by atoms with E-state index in [-0.39, 0.29) is 24.4 Å². The maximum absolute atomic E-state index is 12.5. The number of amides is 1. The highest BCUT2D eigenvalue weighted by atomic mass is 32.2. The summed E-state index contributed by atoms with van der Waals surface area (Å²) in [7, 11) is -1.93. The topological polar surface area (TPSA) is 77.9 Å². The van der Waals surface area contributed by atoms with Gasteiger partial charge in [0.15, 0.2) is 0 Å². The molecule has 0 spiro atoms. The third-order valence-corrected chi connectivity index (χ3v) is 6.52. The van der Waals surface area contributed by atoms with Crippen molar-refractivity contribution >= 4 is 15.9 Å². The van der Waals surface area contributed by atoms with Crippen LogP contribution >= 0.6 is 0 Å². The lowest BCUT2D eigenvalue weighted by Gasteiger charge is -2.43. The molecule has 0 radical (unpaired) electrons. The van der Waals surface area contributed by atoms with Crippen molar-refractivity contribution in [3.05, 3.63) is 0 Å². The fourth-order valence-corrected chi connectivity index (χ4v) is 4.21. The zero-order valence-corrected chi connectivity index (χ0v) is 14.6. The van der Waals surface area contributed by atoms with Crippen LogP contribution in [0.2, 0.25) is 0 Å². The van der Waals surface area contributed by atoms with E-state index in [1.165, 1.54) is 7.05 Å². The molecule has 1 saturated heterocycles. The molecule has 128 valence electrons. The Morgan fingerprint density at radius 2 is 2.00 bits per heavy atom. The van der Waals surface area contributed by atoms with Gasteiger partial charge >= 0.3 is 0 Å². The number of rotatable bonds is 4. The lowest BCUT2D eigenvalue weighted by atomic mass is 9.72. The number of carbonyl (C=O) groups is 1. The number of hydrogen-bond acceptors (Lipinski definition) is 4. The molecule has 0 bridgehead atoms. The van der Waals surface area contributed by atoms with Crippen LogP contribution in [-0.2, 0) is 14.8 Å². The Labute approximate surface area is 133 Å². The number of nitrogens with zero attached hydrogens (tertiary/aromatic N) is 2. The van der Waals surface area contributed by atoms with E-state index < -0.39 is 15.6 Å². The first-order valence-corrected chi connectivity index (χ1v) is 9.91. The van der Waals surface area contributed by atoms with Crippen molar-refractivity contribution in [1.29, 1.82) is 0 Å². The summed E-state index contributed by atoms with van der Waals surface area (Å²) in [6, 6.07) is 0.0377. The van der Waals surface area contributed by atoms with Crippen molar-refractivity contribution in [2.45, 2.75) is 57.1 Å². The van der Waals surface area contributed by atoms with Crippen molar-refractivity contribution in [3.63, 3.8) is 0 Å². The molecule has 7 heteroatoms. The van der Waals surface area contributed by atoms with Crippen molar-refractivity contribution in [2.24, 2.45) is 5.92 Å². The normalized spacial score (nSPS) is 33.4. The van der Waals surface area contributed by atoms with E-state index in [2.05, 4.69) is 0 Å². The second-order valence-electron chi connectivity index (χ2n) is 7.03. The summed E-state index contributed by atoms with van der Waals surface area (Å²) in [6.07, 6.45) is 6.75. The average molecular weight is 332 g/mol. The molecule has 0 aromatic heterocycles. The molecule has 22 heavy (non-hydrogen) atoms. The highest BCUT2D eigenvalue weighted by Crippen LogP contribution is 2.40. The average Bonchev–Trinajstić information content (AvgIpc) is 2.85. The van der Waals surface area contributed by atoms with E-state index in [1.54, 1.807) is 4.90 Å². The molecule has 0 aromatic rings. The van der Waals surface area contributed by atoms with Gasteiger partial charge in [0.1, 0.15) is 0 Å². The number of sulfonamides is 1. The molecule has 2 rings (SSSR count). The number of likely N-dealkylation sites (N-methyl/N-ethyl adjacent to an activating group) is 1. The monoisotopic (exact) mass is 332 g/mol. The van der Waals surface area contributed by atoms with Crippen LogP contribution in [0.4, 0.5) is 0 Å². The molecule has 0 aromatic carbocycles. The van der Waals surface area contributed by atoms with Gasteiger partial charge in [0.25, 0.3) is 0 Å². The van der Waals surface area contributed by atoms with Crippen molar-refractivity contribution in [2.75, 3.05) is 26.4 Å². The lowest BCUT2D eigenvalue weighted by molar-refractivity contribution is -0.136. The van der Waals surface area contributed by atoms with Crippen LogP contribution in [0.5, 0.6) is 0 Å². The van der Waals surface area contributed by atoms with Crippen LogP contribution in [0.15, 0.2) is 0 Å². The molecule has 1 amide bonds. The third kappa shape index (κ3) is 3.81. The van der Waals surface area contributed by atoms with Gasteiger partial charge in [-0.25, -0.2) is 8.42 Å². The van der Waals surface area contributed by atoms with Gasteiger partial charge in [-0.2, -0.15) is 4.31 Å². The smallest absolute Gasteiger partial charge is 0.238 e. The molecule has 0 unspecified atom stereocenters. The second kappa shape index (κ2) is 6.45. The fourth-order valence-electron chi connectivity index (χ4n) is 3.87. The minimum absolute atomic E-state index is 0.0377. The summed E-state index contributed by atoms with van der Waals surface area (Å²) < 4.78 is 24.1. The Morgan fingerprint density at radius 3 is 2.59 bits per heavy atom. The van der Waals surface area contributed by atoms with Crippen LogP contribution in [0.3, 0.4) is 0 Å². The Hall–Kier alpha value is -0.660. The van der Waals surface area contributed by atoms with E-state index in [9.17, 15) is 18.3 Å². The highest BCUT2D eigenvalue weighted by Gasteiger charge is 2.44. The quantitative estimate of drug-likeness (QED) is 0.826. The number of hydrogen-bond donors (Lipinski definition) is 1. The molecule has 6 nitrogen and oxygen atoms in total. The fraction of sp³-hybridized carbons (Fsp3) is 0.933. The predicted octanol–water partition coefficient (Wildman–Crippen LogP) is 0.810. The Morgan fingerprint density at radius 1 is 1.32 bits per heavy atom. The van der Waals surface area contributed by atoms with Gasteiger partial charge in [0, 0.05) is 25.6 Å². The molecule has 2 aliphatic rings. The van der Waals surface area contributed by atoms with Crippen molar-refractivity contribution < 1.29 is 18.3 Å². The third-order valence-electron chi connectivity index (χ3n) is 5.25. The minimum atomic E-state index is -3.36. The molecular formula is C15H28N2O4S. The first-order valence-electron chi connectivity index (χ1n) is 8.06. The number of likely N-dealkylation sites (tertiary alicyclic amines) is 1. The van der Waals surface area contributed by atoms with Gasteiger partial charge in [-0.15, -0.1) is 0 Å². The maximum atomic E-state index is 12.5. The Balaban J connectivity index is 2.08. The van der Waals surface area contributed by atoms with Gasteiger partial charge in [0.05, 0.1) is 18.4 Å². The number of aliphatic hydroxyl groups is 1. The van der Waals surface area contributed by atoms with E-state index in [0.717, 1.165) is 49.1 Å². The molecule has 1 saturated carbocycles. The Kier molecular flexibility index (Phi) is 5.19. The van der Waals surface area contributed by atoms with E-state index in [0.29, 0.717) is 6.54 Å². The molecule has 1 aliphatic carbocycles. The van der Waals surface area contributed by atoms with Crippen LogP contribution in [0.1, 0.15) is 45.4 Å². The van der Waals surface area contributed by atoms with Gasteiger partial charge in [-0.3, -0.25) is 4.79 Å². The second-order valence-corrected chi connectivity index (χ2v) is 9.11. The van der Waals surface area contributed by atoms with Gasteiger partial charge in [0.2, 0.25) is 15.9 Å². The maximum Gasteiger partial charge on any atom is 0.238 e. The highest BCUT2D eigenvalue weighted by molar-refractivity contribution is 7.88. The summed E-state index contributed by atoms with van der Waals surface area (Å²) >= 11 is 0. The predicted molar refractivity (Wildman–Crippen MR) is 84.8 cm³/mol. The molecule has 1 N–H and O–H groups in total. The van der Waals surface area contributed by atoms with Gasteiger partial charge in [-0.1, -0.05) is 12.8 Å². The molecule has 1 heterocycles. The van der Waals surface area contributed by atoms with E-state index in [1.807, 2.05) is 6.92 Å². The van der Waals surface area contributed by atoms with Gasteiger partial charge in [-0.05, 0) is 32.6 Å². The zero-order chi connectivity index (χ0) is 16.5. The summed E-state index contributed by atoms with van der Waals surface area (Å²) in [5.74, 6) is -0.0620. The summed E-state index contributed by atoms with van der Waals surface area (Å²) in [5.41, 5.74) is -0.728. The molecule has 1 aliphatic heterocycles. The Bertz CT molecular complexity index is 518. The standard InChI is InChI=1S/C15H28N2O4S/c1-15(19)9-5-4-7-12(15)13-8-6-10-17(13)14(18)11-16(2)22(3,20)21/h12-13,19H,4-11H2,1-3H3/t12-,13+,15-/m0/s1. The minimum Gasteiger partial charge on any atom is -0.390 e. The van der Waals surface area contributed by atoms with Crippen LogP contribution in [0.25, 0.3) is 0 Å². The molecule has 3 atom stereocenters. The van der Waals surface area contributed by atoms with Crippen LogP contribution in [0, 0.1) is 5.92 Å². The first-order chi connectivity index (χ1) is 10.1. The SMILES string of the molecule is CN(CC(=O)N1CCC[C@@H]1[C@@H]1CCCC[C@]1(C)O)S(C)(=O)=O. The van der Waals surface area contributed by atoms with Gasteiger partial charge < -0.3 is 10.0 Å². The lowest BCUT2D eigenvalue weighted by Crippen LogP contribution is -2.52. The van der Waals surface area contributed by atoms with Crippen molar-refractivity contribution in [3.8, 4) is 0 Å². The van der Waals surface area contributed by atoms with E-state index in [4.69, 9.17) is 0 Å². The molecule has 2 fully saturated rings.